The summed E-state index contributed by atoms with van der Waals surface area (Å²) in [6, 6.07) is 0. The molecule has 0 aromatic carbocycles. The first kappa shape index (κ1) is 11.7. The third-order valence-electron chi connectivity index (χ3n) is 3.11. The molecule has 1 nitrogen and oxygen atoms in total. The van der Waals surface area contributed by atoms with Gasteiger partial charge in [-0.15, -0.1) is 0 Å². The van der Waals surface area contributed by atoms with Gasteiger partial charge in [-0.05, 0) is 29.6 Å². The summed E-state index contributed by atoms with van der Waals surface area (Å²) in [6.45, 7) is 11.2. The predicted molar refractivity (Wildman–Crippen MR) is 60.2 cm³/mol. The van der Waals surface area contributed by atoms with Crippen LogP contribution in [0.1, 0.15) is 60.3 Å². The van der Waals surface area contributed by atoms with Gasteiger partial charge in [-0.2, -0.15) is 0 Å². The number of Topliss-reactive ketones (excluding diaryl/α,β-unsaturated/α-hetero) is 1. The first-order chi connectivity index (χ1) is 6.22. The summed E-state index contributed by atoms with van der Waals surface area (Å²) in [5.41, 5.74) is 0.478. The highest BCUT2D eigenvalue weighted by atomic mass is 16.1. The van der Waals surface area contributed by atoms with Gasteiger partial charge in [-0.1, -0.05) is 34.6 Å². The van der Waals surface area contributed by atoms with Crippen LogP contribution >= 0.6 is 0 Å². The van der Waals surface area contributed by atoms with Gasteiger partial charge >= 0.3 is 0 Å². The summed E-state index contributed by atoms with van der Waals surface area (Å²) >= 11 is 0. The normalized spacial score (nSPS) is 32.3. The Morgan fingerprint density at radius 2 is 1.79 bits per heavy atom. The van der Waals surface area contributed by atoms with Crippen LogP contribution in [0, 0.1) is 16.7 Å². The number of rotatable bonds is 2. The lowest BCUT2D eigenvalue weighted by Gasteiger charge is -2.42. The van der Waals surface area contributed by atoms with Crippen LogP contribution in [0.5, 0.6) is 0 Å². The van der Waals surface area contributed by atoms with E-state index in [0.29, 0.717) is 11.7 Å². The molecule has 14 heavy (non-hydrogen) atoms. The second-order valence-corrected chi connectivity index (χ2v) is 6.64. The van der Waals surface area contributed by atoms with Crippen molar-refractivity contribution in [3.8, 4) is 0 Å². The van der Waals surface area contributed by atoms with Crippen LogP contribution in [0.25, 0.3) is 0 Å². The van der Waals surface area contributed by atoms with Gasteiger partial charge < -0.3 is 0 Å². The molecule has 0 amide bonds. The quantitative estimate of drug-likeness (QED) is 0.656. The number of ketones is 1. The Bertz CT molecular complexity index is 227. The second kappa shape index (κ2) is 3.67. The minimum atomic E-state index is 0.221. The van der Waals surface area contributed by atoms with Crippen LogP contribution in [-0.2, 0) is 4.79 Å². The average molecular weight is 196 g/mol. The Hall–Kier alpha value is -0.330. The third kappa shape index (κ3) is 3.11. The van der Waals surface area contributed by atoms with Gasteiger partial charge in [-0.3, -0.25) is 4.79 Å². The highest BCUT2D eigenvalue weighted by Gasteiger charge is 2.40. The van der Waals surface area contributed by atoms with Gasteiger partial charge in [0.1, 0.15) is 5.78 Å². The van der Waals surface area contributed by atoms with Crippen molar-refractivity contribution in [3.63, 3.8) is 0 Å². The van der Waals surface area contributed by atoms with E-state index < -0.39 is 0 Å². The number of carbonyl (C=O) groups excluding carboxylic acids is 1. The highest BCUT2D eigenvalue weighted by Crippen LogP contribution is 2.47. The Labute approximate surface area is 88.3 Å². The molecule has 0 radical (unpaired) electrons. The number of hydrogen-bond acceptors (Lipinski definition) is 1. The monoisotopic (exact) mass is 196 g/mol. The lowest BCUT2D eigenvalue weighted by Crippen LogP contribution is -2.36. The van der Waals surface area contributed by atoms with E-state index in [1.165, 1.54) is 12.8 Å². The molecule has 1 heteroatoms. The van der Waals surface area contributed by atoms with Gasteiger partial charge in [0.15, 0.2) is 0 Å². The Balaban J connectivity index is 2.74. The molecule has 0 aromatic rings. The third-order valence-corrected chi connectivity index (χ3v) is 3.11. The molecular weight excluding hydrogens is 172 g/mol. The molecule has 0 saturated heterocycles. The molecular formula is C13H24O. The van der Waals surface area contributed by atoms with E-state index in [1.807, 2.05) is 0 Å². The molecule has 0 aliphatic heterocycles. The van der Waals surface area contributed by atoms with Crippen molar-refractivity contribution in [3.05, 3.63) is 0 Å². The smallest absolute Gasteiger partial charge is 0.133 e. The SMILES string of the molecule is CC(C)CC1(C)CC(=O)CC(C)(C)C1. The van der Waals surface area contributed by atoms with Crippen LogP contribution in [0.2, 0.25) is 0 Å². The highest BCUT2D eigenvalue weighted by molar-refractivity contribution is 5.80. The molecule has 1 rings (SSSR count). The maximum absolute atomic E-state index is 11.7. The fourth-order valence-electron chi connectivity index (χ4n) is 3.48. The van der Waals surface area contributed by atoms with E-state index in [-0.39, 0.29) is 10.8 Å². The van der Waals surface area contributed by atoms with Crippen molar-refractivity contribution in [2.24, 2.45) is 16.7 Å². The lowest BCUT2D eigenvalue weighted by atomic mass is 9.61. The van der Waals surface area contributed by atoms with Crippen molar-refractivity contribution in [1.29, 1.82) is 0 Å². The molecule has 1 aliphatic carbocycles. The van der Waals surface area contributed by atoms with E-state index in [2.05, 4.69) is 34.6 Å². The average Bonchev–Trinajstić information content (AvgIpc) is 1.74. The molecule has 0 bridgehead atoms. The molecule has 82 valence electrons. The fourth-order valence-corrected chi connectivity index (χ4v) is 3.48. The largest absolute Gasteiger partial charge is 0.300 e. The molecule has 0 heterocycles. The molecule has 0 N–H and O–H groups in total. The maximum Gasteiger partial charge on any atom is 0.133 e. The maximum atomic E-state index is 11.7. The van der Waals surface area contributed by atoms with Crippen molar-refractivity contribution in [2.45, 2.75) is 60.3 Å². The van der Waals surface area contributed by atoms with Crippen LogP contribution in [0.15, 0.2) is 0 Å². The second-order valence-electron chi connectivity index (χ2n) is 6.64. The van der Waals surface area contributed by atoms with Crippen molar-refractivity contribution >= 4 is 5.78 Å². The Morgan fingerprint density at radius 1 is 1.21 bits per heavy atom. The summed E-state index contributed by atoms with van der Waals surface area (Å²) in [7, 11) is 0. The minimum Gasteiger partial charge on any atom is -0.300 e. The number of carbonyl (C=O) groups is 1. The topological polar surface area (TPSA) is 17.1 Å². The number of hydrogen-bond donors (Lipinski definition) is 0. The molecule has 0 aromatic heterocycles. The van der Waals surface area contributed by atoms with Crippen molar-refractivity contribution in [2.75, 3.05) is 0 Å². The predicted octanol–water partition coefficient (Wildman–Crippen LogP) is 3.82. The zero-order valence-corrected chi connectivity index (χ0v) is 10.3. The van der Waals surface area contributed by atoms with Gasteiger partial charge in [0.05, 0.1) is 0 Å². The molecule has 1 atom stereocenters. The molecule has 1 unspecified atom stereocenters. The Kier molecular flexibility index (Phi) is 3.08. The van der Waals surface area contributed by atoms with Crippen LogP contribution in [0.4, 0.5) is 0 Å². The molecule has 0 spiro atoms. The van der Waals surface area contributed by atoms with Crippen LogP contribution < -0.4 is 0 Å². The van der Waals surface area contributed by atoms with Gasteiger partial charge in [0, 0.05) is 12.8 Å². The van der Waals surface area contributed by atoms with Crippen LogP contribution in [0.3, 0.4) is 0 Å². The summed E-state index contributed by atoms with van der Waals surface area (Å²) in [4.78, 5) is 11.7. The van der Waals surface area contributed by atoms with Crippen LogP contribution in [-0.4, -0.2) is 5.78 Å². The van der Waals surface area contributed by atoms with E-state index in [0.717, 1.165) is 12.8 Å². The summed E-state index contributed by atoms with van der Waals surface area (Å²) in [6.07, 6.45) is 3.96. The van der Waals surface area contributed by atoms with E-state index >= 15 is 0 Å². The summed E-state index contributed by atoms with van der Waals surface area (Å²) in [5, 5.41) is 0. The molecule has 1 aliphatic rings. The fraction of sp³-hybridized carbons (Fsp3) is 0.923. The van der Waals surface area contributed by atoms with Crippen molar-refractivity contribution in [1.82, 2.24) is 0 Å². The zero-order chi connectivity index (χ0) is 11.0. The van der Waals surface area contributed by atoms with Gasteiger partial charge in [0.25, 0.3) is 0 Å². The summed E-state index contributed by atoms with van der Waals surface area (Å²) < 4.78 is 0. The lowest BCUT2D eigenvalue weighted by molar-refractivity contribution is -0.128. The summed E-state index contributed by atoms with van der Waals surface area (Å²) in [5.74, 6) is 1.16. The van der Waals surface area contributed by atoms with E-state index in [1.54, 1.807) is 0 Å². The molecule has 1 fully saturated rings. The van der Waals surface area contributed by atoms with Crippen molar-refractivity contribution < 1.29 is 4.79 Å². The van der Waals surface area contributed by atoms with Gasteiger partial charge in [-0.25, -0.2) is 0 Å². The first-order valence-corrected chi connectivity index (χ1v) is 5.74. The van der Waals surface area contributed by atoms with E-state index in [9.17, 15) is 4.79 Å². The first-order valence-electron chi connectivity index (χ1n) is 5.74. The zero-order valence-electron chi connectivity index (χ0n) is 10.3. The van der Waals surface area contributed by atoms with E-state index in [4.69, 9.17) is 0 Å². The minimum absolute atomic E-state index is 0.221. The Morgan fingerprint density at radius 3 is 2.21 bits per heavy atom. The molecule has 1 saturated carbocycles. The standard InChI is InChI=1S/C13H24O/c1-10(2)6-13(5)8-11(14)7-12(3,4)9-13/h10H,6-9H2,1-5H3. The van der Waals surface area contributed by atoms with Gasteiger partial charge in [0.2, 0.25) is 0 Å².